The van der Waals surface area contributed by atoms with Crippen LogP contribution in [-0.4, -0.2) is 49.2 Å². The molecule has 0 aromatic heterocycles. The van der Waals surface area contributed by atoms with Gasteiger partial charge in [0.2, 0.25) is 0 Å². The molecule has 104 valence electrons. The molecule has 0 saturated heterocycles. The van der Waals surface area contributed by atoms with Gasteiger partial charge in [0.15, 0.2) is 0 Å². The van der Waals surface area contributed by atoms with E-state index in [0.717, 1.165) is 0 Å². The first-order chi connectivity index (χ1) is 8.95. The van der Waals surface area contributed by atoms with E-state index in [1.807, 2.05) is 0 Å². The fraction of sp³-hybridized carbons (Fsp3) is 0.333. The number of carbonyl (C=O) groups excluding carboxylic acids is 1. The zero-order valence-corrected chi connectivity index (χ0v) is 11.5. The number of likely N-dealkylation sites (N-methyl/N-ethyl adjacent to an activating group) is 2. The Hall–Kier alpha value is -1.79. The Morgan fingerprint density at radius 1 is 1.42 bits per heavy atom. The third kappa shape index (κ3) is 4.42. The molecule has 6 nitrogen and oxygen atoms in total. The minimum Gasteiger partial charge on any atom is -0.478 e. The molecule has 0 bridgehead atoms. The highest BCUT2D eigenvalue weighted by molar-refractivity contribution is 6.33. The van der Waals surface area contributed by atoms with Crippen LogP contribution in [0.1, 0.15) is 10.4 Å². The van der Waals surface area contributed by atoms with Gasteiger partial charge in [0, 0.05) is 25.8 Å². The summed E-state index contributed by atoms with van der Waals surface area (Å²) in [5.74, 6) is -1.13. The maximum atomic E-state index is 11.8. The third-order valence-corrected chi connectivity index (χ3v) is 2.82. The van der Waals surface area contributed by atoms with Crippen molar-refractivity contribution in [2.24, 2.45) is 0 Å². The van der Waals surface area contributed by atoms with Gasteiger partial charge in [-0.05, 0) is 25.2 Å². The molecule has 19 heavy (non-hydrogen) atoms. The minimum atomic E-state index is -1.13. The van der Waals surface area contributed by atoms with Gasteiger partial charge in [-0.25, -0.2) is 9.59 Å². The van der Waals surface area contributed by atoms with Crippen molar-refractivity contribution >= 4 is 29.3 Å². The number of aromatic carboxylic acids is 1. The number of anilines is 1. The Morgan fingerprint density at radius 3 is 2.68 bits per heavy atom. The molecule has 0 aliphatic rings. The Labute approximate surface area is 116 Å². The number of nitrogens with zero attached hydrogens (tertiary/aromatic N) is 1. The maximum absolute atomic E-state index is 11.8. The molecule has 1 aromatic carbocycles. The van der Waals surface area contributed by atoms with Crippen LogP contribution < -0.4 is 10.6 Å². The van der Waals surface area contributed by atoms with Crippen LogP contribution in [-0.2, 0) is 0 Å². The number of halogens is 1. The molecule has 0 aliphatic heterocycles. The van der Waals surface area contributed by atoms with Crippen molar-refractivity contribution in [1.29, 1.82) is 0 Å². The zero-order valence-electron chi connectivity index (χ0n) is 10.7. The lowest BCUT2D eigenvalue weighted by Gasteiger charge is -2.17. The normalized spacial score (nSPS) is 10.1. The molecule has 0 spiro atoms. The molecule has 1 aromatic rings. The highest BCUT2D eigenvalue weighted by Crippen LogP contribution is 2.20. The number of urea groups is 1. The summed E-state index contributed by atoms with van der Waals surface area (Å²) in [6.07, 6.45) is 0. The molecule has 0 saturated carbocycles. The average molecular weight is 286 g/mol. The van der Waals surface area contributed by atoms with Crippen molar-refractivity contribution in [2.45, 2.75) is 0 Å². The lowest BCUT2D eigenvalue weighted by atomic mass is 10.2. The predicted octanol–water partition coefficient (Wildman–Crippen LogP) is 1.72. The summed E-state index contributed by atoms with van der Waals surface area (Å²) in [7, 11) is 3.45. The van der Waals surface area contributed by atoms with Crippen molar-refractivity contribution in [1.82, 2.24) is 10.2 Å². The Bertz CT molecular complexity index is 479. The number of hydrogen-bond acceptors (Lipinski definition) is 3. The number of nitrogens with one attached hydrogen (secondary N) is 2. The van der Waals surface area contributed by atoms with Gasteiger partial charge < -0.3 is 20.6 Å². The van der Waals surface area contributed by atoms with Crippen molar-refractivity contribution in [3.8, 4) is 0 Å². The highest BCUT2D eigenvalue weighted by atomic mass is 35.5. The van der Waals surface area contributed by atoms with Crippen LogP contribution in [0.15, 0.2) is 18.2 Å². The molecule has 7 heteroatoms. The fourth-order valence-electron chi connectivity index (χ4n) is 1.37. The summed E-state index contributed by atoms with van der Waals surface area (Å²) in [5.41, 5.74) is 0.348. The summed E-state index contributed by atoms with van der Waals surface area (Å²) in [4.78, 5) is 24.2. The average Bonchev–Trinajstić information content (AvgIpc) is 2.37. The van der Waals surface area contributed by atoms with Gasteiger partial charge in [-0.2, -0.15) is 0 Å². The van der Waals surface area contributed by atoms with Crippen molar-refractivity contribution in [2.75, 3.05) is 32.5 Å². The molecule has 0 unspecified atom stereocenters. The van der Waals surface area contributed by atoms with Crippen LogP contribution in [0, 0.1) is 0 Å². The maximum Gasteiger partial charge on any atom is 0.337 e. The predicted molar refractivity (Wildman–Crippen MR) is 74.0 cm³/mol. The Morgan fingerprint density at radius 2 is 2.11 bits per heavy atom. The molecule has 3 N–H and O–H groups in total. The molecular formula is C12H16ClN3O3. The van der Waals surface area contributed by atoms with Gasteiger partial charge in [-0.1, -0.05) is 11.6 Å². The number of carboxylic acid groups (broad SMARTS) is 1. The van der Waals surface area contributed by atoms with Gasteiger partial charge in [0.05, 0.1) is 10.6 Å². The van der Waals surface area contributed by atoms with E-state index in [9.17, 15) is 9.59 Å². The first-order valence-corrected chi connectivity index (χ1v) is 6.03. The quantitative estimate of drug-likeness (QED) is 0.769. The topological polar surface area (TPSA) is 81.7 Å². The Balaban J connectivity index is 2.74. The summed E-state index contributed by atoms with van der Waals surface area (Å²) in [6.45, 7) is 1.21. The fourth-order valence-corrected chi connectivity index (χ4v) is 1.57. The number of hydrogen-bond donors (Lipinski definition) is 3. The van der Waals surface area contributed by atoms with Gasteiger partial charge in [-0.15, -0.1) is 0 Å². The van der Waals surface area contributed by atoms with Gasteiger partial charge in [-0.3, -0.25) is 0 Å². The van der Waals surface area contributed by atoms with Crippen molar-refractivity contribution < 1.29 is 14.7 Å². The minimum absolute atomic E-state index is 0.0441. The van der Waals surface area contributed by atoms with E-state index in [1.54, 1.807) is 20.2 Å². The summed E-state index contributed by atoms with van der Waals surface area (Å²) < 4.78 is 0. The van der Waals surface area contributed by atoms with E-state index in [0.29, 0.717) is 18.8 Å². The zero-order chi connectivity index (χ0) is 14.4. The van der Waals surface area contributed by atoms with E-state index in [-0.39, 0.29) is 16.6 Å². The molecule has 0 radical (unpaired) electrons. The van der Waals surface area contributed by atoms with E-state index >= 15 is 0 Å². The van der Waals surface area contributed by atoms with Gasteiger partial charge in [0.1, 0.15) is 0 Å². The summed E-state index contributed by atoms with van der Waals surface area (Å²) in [6, 6.07) is 4.01. The molecular weight excluding hydrogens is 270 g/mol. The summed E-state index contributed by atoms with van der Waals surface area (Å²) >= 11 is 5.75. The molecule has 0 fully saturated rings. The molecule has 2 amide bonds. The number of carbonyl (C=O) groups is 2. The van der Waals surface area contributed by atoms with Crippen LogP contribution in [0.5, 0.6) is 0 Å². The first-order valence-electron chi connectivity index (χ1n) is 5.65. The van der Waals surface area contributed by atoms with Gasteiger partial charge >= 0.3 is 12.0 Å². The second-order valence-electron chi connectivity index (χ2n) is 3.96. The number of carboxylic acids is 1. The van der Waals surface area contributed by atoms with E-state index in [1.165, 1.54) is 17.0 Å². The first kappa shape index (κ1) is 15.3. The monoisotopic (exact) mass is 285 g/mol. The largest absolute Gasteiger partial charge is 0.478 e. The number of rotatable bonds is 5. The van der Waals surface area contributed by atoms with E-state index in [2.05, 4.69) is 10.6 Å². The van der Waals surface area contributed by atoms with Crippen LogP contribution in [0.3, 0.4) is 0 Å². The number of amides is 2. The lowest BCUT2D eigenvalue weighted by molar-refractivity contribution is 0.0697. The molecule has 1 rings (SSSR count). The van der Waals surface area contributed by atoms with Crippen molar-refractivity contribution in [3.63, 3.8) is 0 Å². The SMILES string of the molecule is CNCCN(C)C(=O)Nc1ccc(Cl)c(C(=O)O)c1. The van der Waals surface area contributed by atoms with E-state index in [4.69, 9.17) is 16.7 Å². The van der Waals surface area contributed by atoms with Crippen LogP contribution in [0.25, 0.3) is 0 Å². The van der Waals surface area contributed by atoms with Crippen LogP contribution >= 0.6 is 11.6 Å². The second kappa shape index (κ2) is 6.96. The van der Waals surface area contributed by atoms with Gasteiger partial charge in [0.25, 0.3) is 0 Å². The Kier molecular flexibility index (Phi) is 5.59. The van der Waals surface area contributed by atoms with E-state index < -0.39 is 5.97 Å². The molecule has 0 heterocycles. The highest BCUT2D eigenvalue weighted by Gasteiger charge is 2.12. The third-order valence-electron chi connectivity index (χ3n) is 2.49. The molecule has 0 aliphatic carbocycles. The second-order valence-corrected chi connectivity index (χ2v) is 4.36. The smallest absolute Gasteiger partial charge is 0.337 e. The van der Waals surface area contributed by atoms with Crippen LogP contribution in [0.2, 0.25) is 5.02 Å². The summed E-state index contributed by atoms with van der Waals surface area (Å²) in [5, 5.41) is 14.6. The van der Waals surface area contributed by atoms with Crippen LogP contribution in [0.4, 0.5) is 10.5 Å². The van der Waals surface area contributed by atoms with Crippen molar-refractivity contribution in [3.05, 3.63) is 28.8 Å². The number of benzene rings is 1. The standard InChI is InChI=1S/C12H16ClN3O3/c1-14-5-6-16(2)12(19)15-8-3-4-10(13)9(7-8)11(17)18/h3-4,7,14H,5-6H2,1-2H3,(H,15,19)(H,17,18). The molecule has 0 atom stereocenters. The lowest BCUT2D eigenvalue weighted by Crippen LogP contribution is -2.35.